The van der Waals surface area contributed by atoms with E-state index in [1.807, 2.05) is 12.1 Å². The van der Waals surface area contributed by atoms with E-state index in [4.69, 9.17) is 16.7 Å². The van der Waals surface area contributed by atoms with Gasteiger partial charge < -0.3 is 14.9 Å². The molecule has 2 aliphatic rings. The van der Waals surface area contributed by atoms with Crippen LogP contribution in [0.4, 0.5) is 10.5 Å². The maximum atomic E-state index is 12.6. The minimum absolute atomic E-state index is 0.0186. The summed E-state index contributed by atoms with van der Waals surface area (Å²) in [5, 5.41) is 9.60. The fraction of sp³-hybridized carbons (Fsp3) is 0.529. The number of β-amino-alcohol motifs (C(OH)–C–C–N with tert-alkyl or cyclic N) is 1. The fourth-order valence-electron chi connectivity index (χ4n) is 3.22. The van der Waals surface area contributed by atoms with Crippen LogP contribution in [0.15, 0.2) is 24.3 Å². The quantitative estimate of drug-likeness (QED) is 0.833. The molecule has 2 saturated heterocycles. The van der Waals surface area contributed by atoms with Gasteiger partial charge in [0.2, 0.25) is 5.91 Å². The molecule has 2 aliphatic heterocycles. The monoisotopic (exact) mass is 366 g/mol. The summed E-state index contributed by atoms with van der Waals surface area (Å²) in [6, 6.07) is 6.99. The number of nitrogens with zero attached hydrogens (tertiary/aromatic N) is 4. The summed E-state index contributed by atoms with van der Waals surface area (Å²) >= 11 is 5.89. The second-order valence-corrected chi connectivity index (χ2v) is 6.71. The Morgan fingerprint density at radius 1 is 1.04 bits per heavy atom. The van der Waals surface area contributed by atoms with E-state index < -0.39 is 0 Å². The first kappa shape index (κ1) is 18.0. The number of carbonyl (C=O) groups excluding carboxylic acids is 2. The Morgan fingerprint density at radius 3 is 2.36 bits per heavy atom. The largest absolute Gasteiger partial charge is 0.395 e. The first-order chi connectivity index (χ1) is 12.1. The molecule has 1 aromatic rings. The third kappa shape index (κ3) is 4.23. The average Bonchev–Trinajstić information content (AvgIpc) is 2.97. The smallest absolute Gasteiger partial charge is 0.325 e. The standard InChI is InChI=1S/C17H23ClN4O3/c18-14-1-3-15(4-2-14)22-10-9-21(17(22)25)13-16(24)20-7-5-19(6-8-20)11-12-23/h1-4,23H,5-13H2. The Labute approximate surface area is 152 Å². The van der Waals surface area contributed by atoms with E-state index in [9.17, 15) is 9.59 Å². The molecule has 0 radical (unpaired) electrons. The van der Waals surface area contributed by atoms with Crippen LogP contribution in [0.3, 0.4) is 0 Å². The van der Waals surface area contributed by atoms with Gasteiger partial charge in [-0.25, -0.2) is 4.79 Å². The highest BCUT2D eigenvalue weighted by molar-refractivity contribution is 6.30. The van der Waals surface area contributed by atoms with E-state index in [1.165, 1.54) is 0 Å². The van der Waals surface area contributed by atoms with Crippen molar-refractivity contribution in [3.63, 3.8) is 0 Å². The topological polar surface area (TPSA) is 67.3 Å². The zero-order valence-electron chi connectivity index (χ0n) is 14.1. The predicted molar refractivity (Wildman–Crippen MR) is 95.9 cm³/mol. The highest BCUT2D eigenvalue weighted by Crippen LogP contribution is 2.22. The number of hydrogen-bond acceptors (Lipinski definition) is 4. The number of rotatable bonds is 5. The van der Waals surface area contributed by atoms with Gasteiger partial charge in [0.05, 0.1) is 6.61 Å². The molecule has 0 aliphatic carbocycles. The van der Waals surface area contributed by atoms with Crippen LogP contribution in [0, 0.1) is 0 Å². The van der Waals surface area contributed by atoms with E-state index in [-0.39, 0.29) is 25.1 Å². The van der Waals surface area contributed by atoms with Gasteiger partial charge in [-0.1, -0.05) is 11.6 Å². The lowest BCUT2D eigenvalue weighted by Crippen LogP contribution is -2.52. The zero-order chi connectivity index (χ0) is 17.8. The van der Waals surface area contributed by atoms with Crippen LogP contribution in [0.5, 0.6) is 0 Å². The van der Waals surface area contributed by atoms with E-state index in [0.29, 0.717) is 37.7 Å². The Balaban J connectivity index is 1.53. The molecular formula is C17H23ClN4O3. The van der Waals surface area contributed by atoms with E-state index in [0.717, 1.165) is 18.8 Å². The van der Waals surface area contributed by atoms with E-state index in [1.54, 1.807) is 26.8 Å². The molecule has 2 fully saturated rings. The number of aliphatic hydroxyl groups is 1. The lowest BCUT2D eigenvalue weighted by atomic mass is 10.3. The van der Waals surface area contributed by atoms with Gasteiger partial charge in [-0.05, 0) is 24.3 Å². The number of amides is 3. The van der Waals surface area contributed by atoms with Gasteiger partial charge in [0.25, 0.3) is 0 Å². The van der Waals surface area contributed by atoms with Gasteiger partial charge in [-0.3, -0.25) is 14.6 Å². The molecule has 0 spiro atoms. The molecule has 1 N–H and O–H groups in total. The van der Waals surface area contributed by atoms with Crippen LogP contribution in [-0.2, 0) is 4.79 Å². The lowest BCUT2D eigenvalue weighted by molar-refractivity contribution is -0.133. The lowest BCUT2D eigenvalue weighted by Gasteiger charge is -2.35. The number of aliphatic hydroxyl groups excluding tert-OH is 1. The SMILES string of the molecule is O=C(CN1CCN(c2ccc(Cl)cc2)C1=O)N1CCN(CCO)CC1. The van der Waals surface area contributed by atoms with Crippen molar-refractivity contribution in [2.45, 2.75) is 0 Å². The molecule has 1 aromatic carbocycles. The van der Waals surface area contributed by atoms with Crippen molar-refractivity contribution in [2.75, 3.05) is 63.9 Å². The van der Waals surface area contributed by atoms with Gasteiger partial charge in [0.1, 0.15) is 6.54 Å². The van der Waals surface area contributed by atoms with Gasteiger partial charge in [-0.15, -0.1) is 0 Å². The van der Waals surface area contributed by atoms with Crippen LogP contribution in [-0.4, -0.2) is 90.7 Å². The van der Waals surface area contributed by atoms with Crippen LogP contribution in [0.1, 0.15) is 0 Å². The third-order valence-corrected chi connectivity index (χ3v) is 4.95. The number of benzene rings is 1. The molecule has 0 saturated carbocycles. The molecule has 8 heteroatoms. The van der Waals surface area contributed by atoms with Crippen LogP contribution in [0.25, 0.3) is 0 Å². The molecule has 0 unspecified atom stereocenters. The van der Waals surface area contributed by atoms with Gasteiger partial charge >= 0.3 is 6.03 Å². The molecule has 0 bridgehead atoms. The number of anilines is 1. The van der Waals surface area contributed by atoms with Crippen LogP contribution >= 0.6 is 11.6 Å². The minimum Gasteiger partial charge on any atom is -0.395 e. The summed E-state index contributed by atoms with van der Waals surface area (Å²) in [7, 11) is 0. The van der Waals surface area contributed by atoms with Crippen molar-refractivity contribution in [1.29, 1.82) is 0 Å². The average molecular weight is 367 g/mol. The van der Waals surface area contributed by atoms with Crippen molar-refractivity contribution >= 4 is 29.2 Å². The van der Waals surface area contributed by atoms with Crippen molar-refractivity contribution in [3.8, 4) is 0 Å². The molecule has 0 aromatic heterocycles. The maximum Gasteiger partial charge on any atom is 0.325 e. The molecule has 7 nitrogen and oxygen atoms in total. The molecule has 136 valence electrons. The van der Waals surface area contributed by atoms with Gasteiger partial charge in [-0.2, -0.15) is 0 Å². The Kier molecular flexibility index (Phi) is 5.78. The van der Waals surface area contributed by atoms with Crippen LogP contribution in [0.2, 0.25) is 5.02 Å². The van der Waals surface area contributed by atoms with Crippen LogP contribution < -0.4 is 4.90 Å². The molecule has 2 heterocycles. The molecule has 25 heavy (non-hydrogen) atoms. The molecule has 3 rings (SSSR count). The van der Waals surface area contributed by atoms with Gasteiger partial charge in [0.15, 0.2) is 0 Å². The number of carbonyl (C=O) groups is 2. The summed E-state index contributed by atoms with van der Waals surface area (Å²) in [6.45, 7) is 4.80. The highest BCUT2D eigenvalue weighted by Gasteiger charge is 2.32. The number of halogens is 1. The summed E-state index contributed by atoms with van der Waals surface area (Å²) in [6.07, 6.45) is 0. The summed E-state index contributed by atoms with van der Waals surface area (Å²) < 4.78 is 0. The molecular weight excluding hydrogens is 344 g/mol. The minimum atomic E-state index is -0.144. The Morgan fingerprint density at radius 2 is 1.72 bits per heavy atom. The second kappa shape index (κ2) is 8.03. The summed E-state index contributed by atoms with van der Waals surface area (Å²) in [5.41, 5.74) is 0.793. The Bertz CT molecular complexity index is 617. The van der Waals surface area contributed by atoms with Crippen molar-refractivity contribution in [2.24, 2.45) is 0 Å². The van der Waals surface area contributed by atoms with E-state index >= 15 is 0 Å². The highest BCUT2D eigenvalue weighted by atomic mass is 35.5. The van der Waals surface area contributed by atoms with Crippen molar-refractivity contribution < 1.29 is 14.7 Å². The first-order valence-corrected chi connectivity index (χ1v) is 8.89. The molecule has 0 atom stereocenters. The number of piperazine rings is 1. The first-order valence-electron chi connectivity index (χ1n) is 8.51. The van der Waals surface area contributed by atoms with Crippen molar-refractivity contribution in [3.05, 3.63) is 29.3 Å². The molecule has 3 amide bonds. The van der Waals surface area contributed by atoms with Gasteiger partial charge in [0, 0.05) is 56.5 Å². The maximum absolute atomic E-state index is 12.6. The predicted octanol–water partition coefficient (Wildman–Crippen LogP) is 0.718. The number of urea groups is 1. The Hall–Kier alpha value is -1.83. The summed E-state index contributed by atoms with van der Waals surface area (Å²) in [5.74, 6) is -0.0186. The normalized spacial score (nSPS) is 19.0. The number of hydrogen-bond donors (Lipinski definition) is 1. The fourth-order valence-corrected chi connectivity index (χ4v) is 3.34. The van der Waals surface area contributed by atoms with E-state index in [2.05, 4.69) is 4.90 Å². The second-order valence-electron chi connectivity index (χ2n) is 6.28. The zero-order valence-corrected chi connectivity index (χ0v) is 14.9. The summed E-state index contributed by atoms with van der Waals surface area (Å²) in [4.78, 5) is 32.2. The third-order valence-electron chi connectivity index (χ3n) is 4.70. The van der Waals surface area contributed by atoms with Crippen molar-refractivity contribution in [1.82, 2.24) is 14.7 Å².